The number of nitrogens with two attached hydrogens (primary N) is 1. The highest BCUT2D eigenvalue weighted by Gasteiger charge is 2.21. The van der Waals surface area contributed by atoms with Crippen LogP contribution in [0.3, 0.4) is 0 Å². The highest BCUT2D eigenvalue weighted by Crippen LogP contribution is 2.32. The van der Waals surface area contributed by atoms with Crippen molar-refractivity contribution in [3.8, 4) is 0 Å². The summed E-state index contributed by atoms with van der Waals surface area (Å²) in [5, 5.41) is 5.83. The first-order valence-electron chi connectivity index (χ1n) is 6.70. The van der Waals surface area contributed by atoms with Crippen LogP contribution in [0, 0.1) is 0 Å². The number of hydrogen-bond donors (Lipinski definition) is 3. The van der Waals surface area contributed by atoms with Gasteiger partial charge in [0.15, 0.2) is 0 Å². The van der Waals surface area contributed by atoms with Crippen LogP contribution >= 0.6 is 11.6 Å². The normalized spacial score (nSPS) is 14.7. The van der Waals surface area contributed by atoms with Crippen molar-refractivity contribution >= 4 is 34.8 Å². The number of carbonyl (C=O) groups excluding carboxylic acids is 2. The number of nitrogens with one attached hydrogen (secondary N) is 2. The average Bonchev–Trinajstić information content (AvgIpc) is 2.75. The molecule has 0 spiro atoms. The molecule has 0 aromatic heterocycles. The van der Waals surface area contributed by atoms with Crippen LogP contribution < -0.4 is 16.4 Å². The number of benzene rings is 1. The Hall–Kier alpha value is -1.59. The minimum Gasteiger partial charge on any atom is -0.325 e. The van der Waals surface area contributed by atoms with Gasteiger partial charge in [0.2, 0.25) is 11.8 Å². The van der Waals surface area contributed by atoms with Gasteiger partial charge in [-0.25, -0.2) is 0 Å². The first kappa shape index (κ1) is 14.8. The molecule has 1 atom stereocenters. The maximum Gasteiger partial charge on any atom is 0.241 e. The lowest BCUT2D eigenvalue weighted by atomic mass is 10.1. The predicted octanol–water partition coefficient (Wildman–Crippen LogP) is 2.29. The molecule has 20 heavy (non-hydrogen) atoms. The molecule has 0 bridgehead atoms. The maximum absolute atomic E-state index is 12.0. The van der Waals surface area contributed by atoms with Crippen LogP contribution in [0.4, 0.5) is 11.4 Å². The van der Waals surface area contributed by atoms with Crippen LogP contribution in [0.15, 0.2) is 12.1 Å². The van der Waals surface area contributed by atoms with Crippen molar-refractivity contribution in [1.82, 2.24) is 0 Å². The Morgan fingerprint density at radius 2 is 2.30 bits per heavy atom. The zero-order chi connectivity index (χ0) is 14.7. The Bertz CT molecular complexity index is 545. The number of rotatable bonds is 5. The van der Waals surface area contributed by atoms with E-state index in [0.717, 1.165) is 18.4 Å². The third-order valence-electron chi connectivity index (χ3n) is 3.28. The first-order valence-corrected chi connectivity index (χ1v) is 7.07. The Morgan fingerprint density at radius 1 is 1.55 bits per heavy atom. The van der Waals surface area contributed by atoms with Gasteiger partial charge in [0, 0.05) is 5.69 Å². The van der Waals surface area contributed by atoms with Gasteiger partial charge >= 0.3 is 0 Å². The Kier molecular flexibility index (Phi) is 4.62. The molecule has 1 aromatic rings. The van der Waals surface area contributed by atoms with E-state index in [-0.39, 0.29) is 11.8 Å². The molecule has 0 saturated carbocycles. The number of unbranched alkanes of at least 4 members (excludes halogenated alkanes) is 1. The van der Waals surface area contributed by atoms with E-state index in [1.165, 1.54) is 0 Å². The van der Waals surface area contributed by atoms with Crippen molar-refractivity contribution in [3.05, 3.63) is 22.7 Å². The van der Waals surface area contributed by atoms with Crippen LogP contribution in [0.2, 0.25) is 5.02 Å². The van der Waals surface area contributed by atoms with Gasteiger partial charge in [0.25, 0.3) is 0 Å². The lowest BCUT2D eigenvalue weighted by Gasteiger charge is -2.13. The highest BCUT2D eigenvalue weighted by atomic mass is 35.5. The molecule has 108 valence electrons. The van der Waals surface area contributed by atoms with E-state index in [0.29, 0.717) is 29.2 Å². The number of anilines is 2. The summed E-state index contributed by atoms with van der Waals surface area (Å²) >= 11 is 6.10. The van der Waals surface area contributed by atoms with Crippen molar-refractivity contribution in [3.63, 3.8) is 0 Å². The smallest absolute Gasteiger partial charge is 0.241 e. The molecule has 1 unspecified atom stereocenters. The molecule has 4 N–H and O–H groups in total. The fourth-order valence-electron chi connectivity index (χ4n) is 2.12. The summed E-state index contributed by atoms with van der Waals surface area (Å²) in [5.41, 5.74) is 7.85. The van der Waals surface area contributed by atoms with Crippen LogP contribution in [-0.2, 0) is 16.0 Å². The van der Waals surface area contributed by atoms with Gasteiger partial charge in [-0.1, -0.05) is 31.4 Å². The topological polar surface area (TPSA) is 84.2 Å². The number of amides is 2. The van der Waals surface area contributed by atoms with E-state index in [2.05, 4.69) is 10.6 Å². The minimum atomic E-state index is -0.543. The van der Waals surface area contributed by atoms with Gasteiger partial charge in [-0.2, -0.15) is 0 Å². The van der Waals surface area contributed by atoms with Crippen molar-refractivity contribution in [2.24, 2.45) is 5.73 Å². The van der Waals surface area contributed by atoms with E-state index in [9.17, 15) is 9.59 Å². The summed E-state index contributed by atoms with van der Waals surface area (Å²) in [7, 11) is 0. The number of hydrogen-bond acceptors (Lipinski definition) is 3. The quantitative estimate of drug-likeness (QED) is 0.779. The maximum atomic E-state index is 12.0. The van der Waals surface area contributed by atoms with Crippen LogP contribution in [0.1, 0.15) is 31.7 Å². The summed E-state index contributed by atoms with van der Waals surface area (Å²) in [6, 6.07) is 2.83. The van der Waals surface area contributed by atoms with E-state index >= 15 is 0 Å². The zero-order valence-corrected chi connectivity index (χ0v) is 12.1. The van der Waals surface area contributed by atoms with Crippen molar-refractivity contribution in [2.45, 2.75) is 38.6 Å². The van der Waals surface area contributed by atoms with Crippen LogP contribution in [-0.4, -0.2) is 17.9 Å². The molecule has 1 heterocycles. The Balaban J connectivity index is 2.08. The molecular weight excluding hydrogens is 278 g/mol. The second-order valence-corrected chi connectivity index (χ2v) is 5.36. The molecule has 0 aliphatic carbocycles. The monoisotopic (exact) mass is 295 g/mol. The van der Waals surface area contributed by atoms with Crippen molar-refractivity contribution < 1.29 is 9.59 Å². The second-order valence-electron chi connectivity index (χ2n) is 4.95. The highest BCUT2D eigenvalue weighted by molar-refractivity contribution is 6.34. The third kappa shape index (κ3) is 3.29. The molecule has 6 heteroatoms. The fourth-order valence-corrected chi connectivity index (χ4v) is 2.34. The second kappa shape index (κ2) is 6.24. The van der Waals surface area contributed by atoms with Gasteiger partial charge in [-0.3, -0.25) is 9.59 Å². The van der Waals surface area contributed by atoms with E-state index < -0.39 is 6.04 Å². The van der Waals surface area contributed by atoms with E-state index in [4.69, 9.17) is 17.3 Å². The van der Waals surface area contributed by atoms with Gasteiger partial charge < -0.3 is 16.4 Å². The molecule has 5 nitrogen and oxygen atoms in total. The Morgan fingerprint density at radius 3 is 3.00 bits per heavy atom. The van der Waals surface area contributed by atoms with Gasteiger partial charge in [0.1, 0.15) is 0 Å². The molecule has 2 rings (SSSR count). The molecule has 0 saturated heterocycles. The van der Waals surface area contributed by atoms with Crippen molar-refractivity contribution in [1.29, 1.82) is 0 Å². The molecule has 0 radical (unpaired) electrons. The summed E-state index contributed by atoms with van der Waals surface area (Å²) < 4.78 is 0. The summed E-state index contributed by atoms with van der Waals surface area (Å²) in [6.45, 7) is 2.05. The van der Waals surface area contributed by atoms with Gasteiger partial charge in [-0.05, 0) is 24.1 Å². The molecular formula is C14H18ClN3O2. The largest absolute Gasteiger partial charge is 0.325 e. The molecule has 1 aliphatic heterocycles. The van der Waals surface area contributed by atoms with E-state index in [1.807, 2.05) is 6.92 Å². The summed E-state index contributed by atoms with van der Waals surface area (Å²) in [5.74, 6) is -0.322. The summed E-state index contributed by atoms with van der Waals surface area (Å²) in [6.07, 6.45) is 2.85. The third-order valence-corrected chi connectivity index (χ3v) is 3.59. The average molecular weight is 296 g/mol. The first-order chi connectivity index (χ1) is 9.51. The molecule has 1 aromatic carbocycles. The molecule has 0 fully saturated rings. The zero-order valence-electron chi connectivity index (χ0n) is 11.3. The lowest BCUT2D eigenvalue weighted by Crippen LogP contribution is -2.35. The van der Waals surface area contributed by atoms with Crippen LogP contribution in [0.25, 0.3) is 0 Å². The van der Waals surface area contributed by atoms with Crippen molar-refractivity contribution in [2.75, 3.05) is 10.6 Å². The fraction of sp³-hybridized carbons (Fsp3) is 0.429. The number of fused-ring (bicyclic) bond motifs is 1. The van der Waals surface area contributed by atoms with Gasteiger partial charge in [0.05, 0.1) is 23.2 Å². The predicted molar refractivity (Wildman–Crippen MR) is 79.9 cm³/mol. The lowest BCUT2D eigenvalue weighted by molar-refractivity contribution is -0.117. The molecule has 2 amide bonds. The standard InChI is InChI=1S/C14H18ClN3O2/c1-2-3-4-10(16)14(20)18-12-5-8-6-13(19)17-11(8)7-9(12)15/h5,7,10H,2-4,6,16H2,1H3,(H,17,19)(H,18,20). The SMILES string of the molecule is CCCCC(N)C(=O)Nc1cc2c(cc1Cl)NC(=O)C2. The van der Waals surface area contributed by atoms with Crippen LogP contribution in [0.5, 0.6) is 0 Å². The Labute approximate surface area is 122 Å². The number of halogens is 1. The van der Waals surface area contributed by atoms with Gasteiger partial charge in [-0.15, -0.1) is 0 Å². The molecule has 1 aliphatic rings. The van der Waals surface area contributed by atoms with E-state index in [1.54, 1.807) is 12.1 Å². The summed E-state index contributed by atoms with van der Waals surface area (Å²) in [4.78, 5) is 23.3. The number of carbonyl (C=O) groups is 2. The minimum absolute atomic E-state index is 0.0702.